The Labute approximate surface area is 214 Å². The molecule has 0 unspecified atom stereocenters. The maximum atomic E-state index is 12.8. The molecular formula is C28H39N3O5. The molecule has 2 N–H and O–H groups in total. The highest BCUT2D eigenvalue weighted by molar-refractivity contribution is 5.89. The number of amides is 2. The summed E-state index contributed by atoms with van der Waals surface area (Å²) in [6.45, 7) is 10.8. The Hall–Kier alpha value is -3.55. The van der Waals surface area contributed by atoms with Crippen molar-refractivity contribution in [2.75, 3.05) is 19.8 Å². The van der Waals surface area contributed by atoms with Gasteiger partial charge in [0.25, 0.3) is 11.8 Å². The zero-order chi connectivity index (χ0) is 26.3. The molecule has 0 aliphatic heterocycles. The van der Waals surface area contributed by atoms with Crippen LogP contribution >= 0.6 is 0 Å². The molecule has 0 spiro atoms. The summed E-state index contributed by atoms with van der Waals surface area (Å²) in [5.74, 6) is 1.37. The lowest BCUT2D eigenvalue weighted by Gasteiger charge is -2.19. The maximum absolute atomic E-state index is 12.8. The normalized spacial score (nSPS) is 11.8. The number of nitrogens with zero attached hydrogens (tertiary/aromatic N) is 1. The van der Waals surface area contributed by atoms with Gasteiger partial charge in [-0.25, -0.2) is 5.43 Å². The summed E-state index contributed by atoms with van der Waals surface area (Å²) < 4.78 is 17.1. The van der Waals surface area contributed by atoms with Crippen molar-refractivity contribution in [2.24, 2.45) is 11.0 Å². The molecule has 2 aromatic rings. The maximum Gasteiger partial charge on any atom is 0.262 e. The Kier molecular flexibility index (Phi) is 12.3. The number of hydrogen-bond donors (Lipinski definition) is 2. The first-order chi connectivity index (χ1) is 17.3. The predicted octanol–water partition coefficient (Wildman–Crippen LogP) is 4.63. The van der Waals surface area contributed by atoms with Crippen molar-refractivity contribution in [1.82, 2.24) is 10.7 Å². The van der Waals surface area contributed by atoms with Gasteiger partial charge in [-0.05, 0) is 68.0 Å². The van der Waals surface area contributed by atoms with Crippen molar-refractivity contribution < 1.29 is 23.8 Å². The topological polar surface area (TPSA) is 98.2 Å². The second kappa shape index (κ2) is 15.4. The minimum atomic E-state index is -0.733. The van der Waals surface area contributed by atoms with E-state index in [-0.39, 0.29) is 18.4 Å². The molecule has 0 fully saturated rings. The van der Waals surface area contributed by atoms with Gasteiger partial charge in [-0.2, -0.15) is 5.10 Å². The van der Waals surface area contributed by atoms with E-state index in [2.05, 4.69) is 22.8 Å². The van der Waals surface area contributed by atoms with Crippen LogP contribution in [-0.4, -0.2) is 43.9 Å². The number of benzene rings is 2. The molecule has 2 amide bonds. The zero-order valence-electron chi connectivity index (χ0n) is 22.0. The van der Waals surface area contributed by atoms with Gasteiger partial charge in [0.1, 0.15) is 11.8 Å². The minimum absolute atomic E-state index is 0.178. The summed E-state index contributed by atoms with van der Waals surface area (Å²) in [6.07, 6.45) is 4.01. The fourth-order valence-corrected chi connectivity index (χ4v) is 3.37. The quantitative estimate of drug-likeness (QED) is 0.212. The Morgan fingerprint density at radius 3 is 2.47 bits per heavy atom. The van der Waals surface area contributed by atoms with E-state index in [9.17, 15) is 9.59 Å². The first-order valence-corrected chi connectivity index (χ1v) is 12.5. The van der Waals surface area contributed by atoms with Crippen molar-refractivity contribution in [3.8, 4) is 17.2 Å². The molecule has 0 saturated carbocycles. The molecule has 0 aliphatic rings. The van der Waals surface area contributed by atoms with Crippen LogP contribution in [0.1, 0.15) is 58.1 Å². The molecule has 0 saturated heterocycles. The van der Waals surface area contributed by atoms with Crippen LogP contribution in [0.5, 0.6) is 17.2 Å². The van der Waals surface area contributed by atoms with Crippen LogP contribution in [0.25, 0.3) is 0 Å². The number of carbonyl (C=O) groups excluding carboxylic acids is 2. The number of nitrogens with one attached hydrogen (secondary N) is 2. The standard InChI is InChI=1S/C28H39N3O5/c1-6-8-15-35-25-14-13-22(17-26(25)34-7-2)18-29-31-28(33)23(16-20(3)4)30-27(32)19-36-24-12-10-9-11-21(24)5/h9-14,17-18,20,23H,6-8,15-16,19H2,1-5H3,(H,30,32)(H,31,33)/b29-18-/t23-/m0/s1. The van der Waals surface area contributed by atoms with Crippen molar-refractivity contribution >= 4 is 18.0 Å². The van der Waals surface area contributed by atoms with Gasteiger partial charge >= 0.3 is 0 Å². The number of hydrazone groups is 1. The zero-order valence-corrected chi connectivity index (χ0v) is 22.0. The second-order valence-corrected chi connectivity index (χ2v) is 8.88. The molecular weight excluding hydrogens is 458 g/mol. The average Bonchev–Trinajstić information content (AvgIpc) is 2.84. The number of ether oxygens (including phenoxy) is 3. The lowest BCUT2D eigenvalue weighted by atomic mass is 10.0. The monoisotopic (exact) mass is 497 g/mol. The molecule has 0 heterocycles. The summed E-state index contributed by atoms with van der Waals surface area (Å²) >= 11 is 0. The summed E-state index contributed by atoms with van der Waals surface area (Å²) in [6, 6.07) is 12.2. The molecule has 196 valence electrons. The van der Waals surface area contributed by atoms with Crippen molar-refractivity contribution in [1.29, 1.82) is 0 Å². The van der Waals surface area contributed by atoms with E-state index >= 15 is 0 Å². The summed E-state index contributed by atoms with van der Waals surface area (Å²) in [5.41, 5.74) is 4.22. The van der Waals surface area contributed by atoms with Gasteiger partial charge in [-0.3, -0.25) is 9.59 Å². The van der Waals surface area contributed by atoms with Gasteiger partial charge in [0.05, 0.1) is 19.4 Å². The molecule has 1 atom stereocenters. The predicted molar refractivity (Wildman–Crippen MR) is 142 cm³/mol. The third-order valence-corrected chi connectivity index (χ3v) is 5.22. The highest BCUT2D eigenvalue weighted by Crippen LogP contribution is 2.28. The van der Waals surface area contributed by atoms with Gasteiger partial charge in [0, 0.05) is 0 Å². The molecule has 8 nitrogen and oxygen atoms in total. The molecule has 0 aromatic heterocycles. The fraction of sp³-hybridized carbons (Fsp3) is 0.464. The van der Waals surface area contributed by atoms with Crippen molar-refractivity contribution in [3.63, 3.8) is 0 Å². The van der Waals surface area contributed by atoms with Gasteiger partial charge in [-0.15, -0.1) is 0 Å². The highest BCUT2D eigenvalue weighted by Gasteiger charge is 2.22. The second-order valence-electron chi connectivity index (χ2n) is 8.88. The smallest absolute Gasteiger partial charge is 0.262 e. The van der Waals surface area contributed by atoms with E-state index in [4.69, 9.17) is 14.2 Å². The van der Waals surface area contributed by atoms with E-state index in [0.717, 1.165) is 24.0 Å². The molecule has 0 aliphatic carbocycles. The van der Waals surface area contributed by atoms with Crippen LogP contribution in [0.4, 0.5) is 0 Å². The van der Waals surface area contributed by atoms with Crippen molar-refractivity contribution in [3.05, 3.63) is 53.6 Å². The summed E-state index contributed by atoms with van der Waals surface area (Å²) in [4.78, 5) is 25.2. The number of para-hydroxylation sites is 1. The fourth-order valence-electron chi connectivity index (χ4n) is 3.37. The highest BCUT2D eigenvalue weighted by atomic mass is 16.5. The molecule has 8 heteroatoms. The van der Waals surface area contributed by atoms with Crippen LogP contribution in [-0.2, 0) is 9.59 Å². The minimum Gasteiger partial charge on any atom is -0.490 e. The number of carbonyl (C=O) groups is 2. The van der Waals surface area contributed by atoms with Crippen LogP contribution in [0.3, 0.4) is 0 Å². The summed E-state index contributed by atoms with van der Waals surface area (Å²) in [7, 11) is 0. The number of hydrogen-bond acceptors (Lipinski definition) is 6. The van der Waals surface area contributed by atoms with E-state index < -0.39 is 11.9 Å². The van der Waals surface area contributed by atoms with E-state index in [1.54, 1.807) is 6.07 Å². The molecule has 36 heavy (non-hydrogen) atoms. The van der Waals surface area contributed by atoms with Crippen LogP contribution in [0.2, 0.25) is 0 Å². The Morgan fingerprint density at radius 2 is 1.78 bits per heavy atom. The van der Waals surface area contributed by atoms with Gasteiger partial charge in [0.2, 0.25) is 0 Å². The number of unbranched alkanes of at least 4 members (excludes halogenated alkanes) is 1. The SMILES string of the molecule is CCCCOc1ccc(/C=N\NC(=O)[C@H](CC(C)C)NC(=O)COc2ccccc2C)cc1OCC. The molecule has 0 radical (unpaired) electrons. The Bertz CT molecular complexity index is 1010. The van der Waals surface area contributed by atoms with E-state index in [1.807, 2.05) is 64.1 Å². The third kappa shape index (κ3) is 9.98. The lowest BCUT2D eigenvalue weighted by Crippen LogP contribution is -2.47. The van der Waals surface area contributed by atoms with Crippen LogP contribution < -0.4 is 25.0 Å². The molecule has 2 aromatic carbocycles. The summed E-state index contributed by atoms with van der Waals surface area (Å²) in [5, 5.41) is 6.84. The lowest BCUT2D eigenvalue weighted by molar-refractivity contribution is -0.130. The van der Waals surface area contributed by atoms with Gasteiger partial charge in [0.15, 0.2) is 18.1 Å². The molecule has 0 bridgehead atoms. The van der Waals surface area contributed by atoms with Gasteiger partial charge in [-0.1, -0.05) is 45.4 Å². The molecule has 2 rings (SSSR count). The number of aryl methyl sites for hydroxylation is 1. The Balaban J connectivity index is 1.97. The first kappa shape index (κ1) is 28.7. The van der Waals surface area contributed by atoms with Crippen LogP contribution in [0.15, 0.2) is 47.6 Å². The third-order valence-electron chi connectivity index (χ3n) is 5.22. The first-order valence-electron chi connectivity index (χ1n) is 12.5. The largest absolute Gasteiger partial charge is 0.490 e. The van der Waals surface area contributed by atoms with Gasteiger partial charge < -0.3 is 19.5 Å². The van der Waals surface area contributed by atoms with Crippen molar-refractivity contribution in [2.45, 2.75) is 59.9 Å². The Morgan fingerprint density at radius 1 is 1.00 bits per heavy atom. The van der Waals surface area contributed by atoms with E-state index in [1.165, 1.54) is 6.21 Å². The van der Waals surface area contributed by atoms with Crippen LogP contribution in [0, 0.1) is 12.8 Å². The number of rotatable bonds is 15. The average molecular weight is 498 g/mol. The van der Waals surface area contributed by atoms with E-state index in [0.29, 0.717) is 36.9 Å².